The smallest absolute Gasteiger partial charge is 0.306 e. The Kier molecular flexibility index (Phi) is 5.18. The minimum Gasteiger partial charge on any atom is -0.496 e. The van der Waals surface area contributed by atoms with Crippen molar-refractivity contribution in [3.8, 4) is 5.75 Å². The number of methoxy groups -OCH3 is 1. The Balaban J connectivity index is 1.73. The van der Waals surface area contributed by atoms with Gasteiger partial charge in [-0.05, 0) is 18.1 Å². The number of carbonyl (C=O) groups is 1. The molecule has 1 aromatic carbocycles. The molecule has 5 nitrogen and oxygen atoms in total. The average Bonchev–Trinajstić information content (AvgIpc) is 2.96. The molecule has 0 amide bonds. The molecular weight excluding hydrogens is 248 g/mol. The quantitative estimate of drug-likeness (QED) is 0.731. The van der Waals surface area contributed by atoms with Crippen molar-refractivity contribution < 1.29 is 23.7 Å². The van der Waals surface area contributed by atoms with Gasteiger partial charge in [0.1, 0.15) is 12.4 Å². The summed E-state index contributed by atoms with van der Waals surface area (Å²) in [6.45, 7) is 1.28. The van der Waals surface area contributed by atoms with E-state index in [1.54, 1.807) is 7.11 Å². The van der Waals surface area contributed by atoms with E-state index in [4.69, 9.17) is 18.9 Å². The lowest BCUT2D eigenvalue weighted by Crippen LogP contribution is -2.19. The first-order valence-corrected chi connectivity index (χ1v) is 6.30. The second kappa shape index (κ2) is 7.11. The Labute approximate surface area is 112 Å². The highest BCUT2D eigenvalue weighted by Gasteiger charge is 2.18. The lowest BCUT2D eigenvalue weighted by atomic mass is 10.1. The molecule has 104 valence electrons. The summed E-state index contributed by atoms with van der Waals surface area (Å²) >= 11 is 0. The van der Waals surface area contributed by atoms with Gasteiger partial charge in [-0.1, -0.05) is 18.2 Å². The number of hydrogen-bond donors (Lipinski definition) is 0. The molecular formula is C14H18O5. The highest BCUT2D eigenvalue weighted by molar-refractivity contribution is 5.69. The summed E-state index contributed by atoms with van der Waals surface area (Å²) in [6, 6.07) is 7.63. The van der Waals surface area contributed by atoms with E-state index in [1.807, 2.05) is 24.3 Å². The predicted molar refractivity (Wildman–Crippen MR) is 68.0 cm³/mol. The van der Waals surface area contributed by atoms with Gasteiger partial charge < -0.3 is 18.9 Å². The van der Waals surface area contributed by atoms with Crippen LogP contribution in [0.15, 0.2) is 24.3 Å². The van der Waals surface area contributed by atoms with Gasteiger partial charge in [0.2, 0.25) is 0 Å². The fourth-order valence-electron chi connectivity index (χ4n) is 1.88. The van der Waals surface area contributed by atoms with Crippen LogP contribution in [-0.2, 0) is 25.4 Å². The number of esters is 1. The number of hydrogen-bond acceptors (Lipinski definition) is 5. The van der Waals surface area contributed by atoms with E-state index in [2.05, 4.69) is 0 Å². The SMILES string of the molecule is COc1ccccc1CCC(=O)OCC1OCCO1. The van der Waals surface area contributed by atoms with Crippen LogP contribution >= 0.6 is 0 Å². The molecule has 1 heterocycles. The molecule has 2 rings (SSSR count). The maximum atomic E-state index is 11.6. The number of carbonyl (C=O) groups excluding carboxylic acids is 1. The van der Waals surface area contributed by atoms with E-state index >= 15 is 0 Å². The minimum atomic E-state index is -0.407. The monoisotopic (exact) mass is 266 g/mol. The Bertz CT molecular complexity index is 412. The predicted octanol–water partition coefficient (Wildman–Crippen LogP) is 1.54. The molecule has 5 heteroatoms. The van der Waals surface area contributed by atoms with Crippen LogP contribution in [0.4, 0.5) is 0 Å². The zero-order valence-corrected chi connectivity index (χ0v) is 11.0. The van der Waals surface area contributed by atoms with Gasteiger partial charge in [-0.15, -0.1) is 0 Å². The lowest BCUT2D eigenvalue weighted by molar-refractivity contribution is -0.155. The molecule has 1 aromatic rings. The van der Waals surface area contributed by atoms with Gasteiger partial charge in [0, 0.05) is 6.42 Å². The van der Waals surface area contributed by atoms with Gasteiger partial charge in [0.15, 0.2) is 6.29 Å². The van der Waals surface area contributed by atoms with Crippen LogP contribution < -0.4 is 4.74 Å². The van der Waals surface area contributed by atoms with Gasteiger partial charge >= 0.3 is 5.97 Å². The third-order valence-electron chi connectivity index (χ3n) is 2.86. The molecule has 0 saturated carbocycles. The van der Waals surface area contributed by atoms with E-state index in [0.717, 1.165) is 11.3 Å². The molecule has 19 heavy (non-hydrogen) atoms. The van der Waals surface area contributed by atoms with Crippen molar-refractivity contribution in [2.45, 2.75) is 19.1 Å². The average molecular weight is 266 g/mol. The fraction of sp³-hybridized carbons (Fsp3) is 0.500. The number of para-hydroxylation sites is 1. The van der Waals surface area contributed by atoms with Crippen LogP contribution in [0.2, 0.25) is 0 Å². The van der Waals surface area contributed by atoms with Crippen LogP contribution in [-0.4, -0.2) is 39.2 Å². The Morgan fingerprint density at radius 1 is 1.32 bits per heavy atom. The largest absolute Gasteiger partial charge is 0.496 e. The summed E-state index contributed by atoms with van der Waals surface area (Å²) < 4.78 is 20.7. The maximum absolute atomic E-state index is 11.6. The Morgan fingerprint density at radius 3 is 2.79 bits per heavy atom. The molecule has 0 bridgehead atoms. The van der Waals surface area contributed by atoms with E-state index in [-0.39, 0.29) is 12.6 Å². The third-order valence-corrected chi connectivity index (χ3v) is 2.86. The van der Waals surface area contributed by atoms with Crippen molar-refractivity contribution in [3.63, 3.8) is 0 Å². The normalized spacial score (nSPS) is 15.4. The van der Waals surface area contributed by atoms with Crippen LogP contribution in [0, 0.1) is 0 Å². The second-order valence-electron chi connectivity index (χ2n) is 4.17. The first kappa shape index (κ1) is 13.8. The molecule has 1 saturated heterocycles. The summed E-state index contributed by atoms with van der Waals surface area (Å²) in [5, 5.41) is 0. The summed E-state index contributed by atoms with van der Waals surface area (Å²) in [7, 11) is 1.62. The first-order chi connectivity index (χ1) is 9.29. The number of aryl methyl sites for hydroxylation is 1. The van der Waals surface area contributed by atoms with Crippen molar-refractivity contribution in [1.82, 2.24) is 0 Å². The highest BCUT2D eigenvalue weighted by Crippen LogP contribution is 2.19. The van der Waals surface area contributed by atoms with E-state index in [0.29, 0.717) is 26.1 Å². The van der Waals surface area contributed by atoms with Crippen molar-refractivity contribution in [1.29, 1.82) is 0 Å². The van der Waals surface area contributed by atoms with E-state index in [1.165, 1.54) is 0 Å². The highest BCUT2D eigenvalue weighted by atomic mass is 16.7. The van der Waals surface area contributed by atoms with Crippen molar-refractivity contribution in [2.75, 3.05) is 26.9 Å². The minimum absolute atomic E-state index is 0.157. The van der Waals surface area contributed by atoms with Crippen molar-refractivity contribution in [2.24, 2.45) is 0 Å². The second-order valence-corrected chi connectivity index (χ2v) is 4.17. The van der Waals surface area contributed by atoms with Crippen LogP contribution in [0.25, 0.3) is 0 Å². The van der Waals surface area contributed by atoms with E-state index in [9.17, 15) is 4.79 Å². The zero-order valence-electron chi connectivity index (χ0n) is 11.0. The van der Waals surface area contributed by atoms with Gasteiger partial charge in [-0.3, -0.25) is 4.79 Å². The maximum Gasteiger partial charge on any atom is 0.306 e. The number of benzene rings is 1. The molecule has 0 atom stereocenters. The number of ether oxygens (including phenoxy) is 4. The molecule has 0 unspecified atom stereocenters. The van der Waals surface area contributed by atoms with E-state index < -0.39 is 6.29 Å². The summed E-state index contributed by atoms with van der Waals surface area (Å²) in [6.07, 6.45) is 0.498. The Hall–Kier alpha value is -1.59. The van der Waals surface area contributed by atoms with Gasteiger partial charge in [-0.25, -0.2) is 0 Å². The van der Waals surface area contributed by atoms with Crippen molar-refractivity contribution in [3.05, 3.63) is 29.8 Å². The third kappa shape index (κ3) is 4.22. The standard InChI is InChI=1S/C14H18O5/c1-16-12-5-3-2-4-11(12)6-7-13(15)19-10-14-17-8-9-18-14/h2-5,14H,6-10H2,1H3. The summed E-state index contributed by atoms with van der Waals surface area (Å²) in [5.41, 5.74) is 0.996. The zero-order chi connectivity index (χ0) is 13.5. The number of rotatable bonds is 6. The molecule has 0 N–H and O–H groups in total. The van der Waals surface area contributed by atoms with Gasteiger partial charge in [0.05, 0.1) is 20.3 Å². The molecule has 1 aliphatic heterocycles. The first-order valence-electron chi connectivity index (χ1n) is 6.30. The fourth-order valence-corrected chi connectivity index (χ4v) is 1.88. The molecule has 0 radical (unpaired) electrons. The molecule has 0 aromatic heterocycles. The van der Waals surface area contributed by atoms with Crippen LogP contribution in [0.3, 0.4) is 0 Å². The topological polar surface area (TPSA) is 54.0 Å². The van der Waals surface area contributed by atoms with Crippen LogP contribution in [0.5, 0.6) is 5.75 Å². The van der Waals surface area contributed by atoms with Crippen molar-refractivity contribution >= 4 is 5.97 Å². The van der Waals surface area contributed by atoms with Gasteiger partial charge in [-0.2, -0.15) is 0 Å². The molecule has 0 spiro atoms. The van der Waals surface area contributed by atoms with Crippen LogP contribution in [0.1, 0.15) is 12.0 Å². The van der Waals surface area contributed by atoms with Gasteiger partial charge in [0.25, 0.3) is 0 Å². The molecule has 1 fully saturated rings. The summed E-state index contributed by atoms with van der Waals surface area (Å²) in [4.78, 5) is 11.6. The lowest BCUT2D eigenvalue weighted by Gasteiger charge is -2.10. The molecule has 1 aliphatic rings. The summed E-state index contributed by atoms with van der Waals surface area (Å²) in [5.74, 6) is 0.530. The molecule has 0 aliphatic carbocycles. The Morgan fingerprint density at radius 2 is 2.05 bits per heavy atom.